The molecule has 13 rings (SSSR count). The van der Waals surface area contributed by atoms with E-state index in [1.165, 1.54) is 137 Å². The Morgan fingerprint density at radius 1 is 0.377 bits per heavy atom. The van der Waals surface area contributed by atoms with Gasteiger partial charge in [-0.05, 0) is 111 Å². The van der Waals surface area contributed by atoms with Crippen molar-refractivity contribution in [2.75, 3.05) is 0 Å². The predicted molar refractivity (Wildman–Crippen MR) is 229 cm³/mol. The Morgan fingerprint density at radius 3 is 1.21 bits per heavy atom. The molecule has 0 unspecified atom stereocenters. The Balaban J connectivity index is 1.30. The first-order valence-corrected chi connectivity index (χ1v) is 18.9. The fourth-order valence-corrected chi connectivity index (χ4v) is 10.7. The maximum atomic E-state index is 2.62. The topological polar surface area (TPSA) is 9.86 Å². The molecule has 0 fully saturated rings. The first kappa shape index (κ1) is 28.3. The maximum absolute atomic E-state index is 2.62. The van der Waals surface area contributed by atoms with Crippen LogP contribution >= 0.6 is 0 Å². The second kappa shape index (κ2) is 9.37. The number of benzene rings is 9. The first-order chi connectivity index (χ1) is 25.9. The van der Waals surface area contributed by atoms with Gasteiger partial charge in [0.05, 0.1) is 22.1 Å². The Morgan fingerprint density at radius 2 is 0.774 bits per heavy atom. The molecule has 2 nitrogen and oxygen atoms in total. The molecule has 2 aromatic heterocycles. The van der Waals surface area contributed by atoms with Crippen molar-refractivity contribution in [2.24, 2.45) is 0 Å². The van der Waals surface area contributed by atoms with Crippen molar-refractivity contribution in [2.45, 2.75) is 27.7 Å². The summed E-state index contributed by atoms with van der Waals surface area (Å²) in [6.45, 7) is 8.93. The van der Waals surface area contributed by atoms with Crippen LogP contribution in [0.3, 0.4) is 0 Å². The molecule has 0 amide bonds. The van der Waals surface area contributed by atoms with Crippen LogP contribution in [0.2, 0.25) is 0 Å². The molecular formula is C50H33BN2. The van der Waals surface area contributed by atoms with E-state index in [0.29, 0.717) is 0 Å². The highest BCUT2D eigenvalue weighted by Crippen LogP contribution is 2.45. The Bertz CT molecular complexity index is 3330. The highest BCUT2D eigenvalue weighted by atomic mass is 15.0. The number of rotatable bonds is 0. The van der Waals surface area contributed by atoms with Crippen LogP contribution in [0.25, 0.3) is 98.1 Å². The minimum absolute atomic E-state index is 0.0802. The van der Waals surface area contributed by atoms with Crippen molar-refractivity contribution in [1.29, 1.82) is 0 Å². The lowest BCUT2D eigenvalue weighted by atomic mass is 9.34. The lowest BCUT2D eigenvalue weighted by Gasteiger charge is -2.34. The summed E-state index contributed by atoms with van der Waals surface area (Å²) in [5, 5.41) is 16.0. The Kier molecular flexibility index (Phi) is 5.00. The number of hydrogen-bond donors (Lipinski definition) is 0. The summed E-state index contributed by atoms with van der Waals surface area (Å²) in [5.74, 6) is 0. The van der Waals surface area contributed by atoms with Crippen molar-refractivity contribution in [3.8, 4) is 11.4 Å². The molecule has 3 heteroatoms. The zero-order valence-electron chi connectivity index (χ0n) is 30.1. The molecule has 4 heterocycles. The van der Waals surface area contributed by atoms with E-state index in [9.17, 15) is 0 Å². The van der Waals surface area contributed by atoms with Crippen LogP contribution in [-0.4, -0.2) is 15.8 Å². The third-order valence-electron chi connectivity index (χ3n) is 12.8. The van der Waals surface area contributed by atoms with Gasteiger partial charge in [-0.15, -0.1) is 0 Å². The molecule has 9 aromatic carbocycles. The van der Waals surface area contributed by atoms with Gasteiger partial charge in [0.25, 0.3) is 6.71 Å². The van der Waals surface area contributed by atoms with Crippen LogP contribution in [0.15, 0.2) is 127 Å². The van der Waals surface area contributed by atoms with E-state index in [1.54, 1.807) is 0 Å². The second-order valence-electron chi connectivity index (χ2n) is 16.0. The molecular weight excluding hydrogens is 639 g/mol. The lowest BCUT2D eigenvalue weighted by molar-refractivity contribution is 1.14. The minimum atomic E-state index is 0.0802. The molecule has 11 aromatic rings. The average Bonchev–Trinajstić information content (AvgIpc) is 3.69. The van der Waals surface area contributed by atoms with Crippen molar-refractivity contribution in [1.82, 2.24) is 9.13 Å². The quantitative estimate of drug-likeness (QED) is 0.142. The molecule has 2 aliphatic heterocycles. The summed E-state index contributed by atoms with van der Waals surface area (Å²) in [6.07, 6.45) is 0. The van der Waals surface area contributed by atoms with Crippen LogP contribution in [0.4, 0.5) is 0 Å². The van der Waals surface area contributed by atoms with Crippen LogP contribution in [-0.2, 0) is 0 Å². The Labute approximate surface area is 306 Å². The molecule has 2 aliphatic rings. The van der Waals surface area contributed by atoms with Gasteiger partial charge in [0, 0.05) is 32.9 Å². The van der Waals surface area contributed by atoms with Gasteiger partial charge in [-0.1, -0.05) is 125 Å². The van der Waals surface area contributed by atoms with E-state index in [1.807, 2.05) is 0 Å². The molecule has 0 saturated heterocycles. The minimum Gasteiger partial charge on any atom is -0.310 e. The summed E-state index contributed by atoms with van der Waals surface area (Å²) in [6, 6.07) is 49.6. The van der Waals surface area contributed by atoms with Gasteiger partial charge in [-0.25, -0.2) is 0 Å². The highest BCUT2D eigenvalue weighted by Gasteiger charge is 2.41. The molecule has 246 valence electrons. The number of aryl methyl sites for hydroxylation is 4. The predicted octanol–water partition coefficient (Wildman–Crippen LogP) is 10.9. The van der Waals surface area contributed by atoms with Gasteiger partial charge >= 0.3 is 0 Å². The summed E-state index contributed by atoms with van der Waals surface area (Å²) < 4.78 is 5.23. The Hall–Kier alpha value is -6.32. The van der Waals surface area contributed by atoms with E-state index < -0.39 is 0 Å². The largest absolute Gasteiger partial charge is 0.310 e. The van der Waals surface area contributed by atoms with E-state index in [4.69, 9.17) is 0 Å². The first-order valence-electron chi connectivity index (χ1n) is 18.9. The SMILES string of the molecule is Cc1ccc2c(ccc3c2c2c4ccc(C)cc4cc4c2n3-c2cccc3c2B4c2cc4cc(C)ccc4c4c5c6ccc(C)cc6ccc5n-3c24)c1. The van der Waals surface area contributed by atoms with Gasteiger partial charge in [-0.2, -0.15) is 0 Å². The van der Waals surface area contributed by atoms with Crippen molar-refractivity contribution >= 4 is 110 Å². The van der Waals surface area contributed by atoms with Crippen LogP contribution in [0.1, 0.15) is 22.3 Å². The summed E-state index contributed by atoms with van der Waals surface area (Å²) in [4.78, 5) is 0. The molecule has 0 radical (unpaired) electrons. The van der Waals surface area contributed by atoms with Crippen molar-refractivity contribution in [3.05, 3.63) is 150 Å². The van der Waals surface area contributed by atoms with E-state index in [0.717, 1.165) is 0 Å². The maximum Gasteiger partial charge on any atom is 0.252 e. The van der Waals surface area contributed by atoms with Gasteiger partial charge in [-0.3, -0.25) is 0 Å². The zero-order valence-corrected chi connectivity index (χ0v) is 30.1. The highest BCUT2D eigenvalue weighted by molar-refractivity contribution is 7.00. The third-order valence-corrected chi connectivity index (χ3v) is 12.8. The van der Waals surface area contributed by atoms with E-state index in [-0.39, 0.29) is 6.71 Å². The fourth-order valence-electron chi connectivity index (χ4n) is 10.7. The van der Waals surface area contributed by atoms with Crippen LogP contribution in [0.5, 0.6) is 0 Å². The zero-order chi connectivity index (χ0) is 35.0. The monoisotopic (exact) mass is 672 g/mol. The molecule has 0 aliphatic carbocycles. The standard InChI is InChI=1S/C50H33BN2/c1-26-8-14-34-30(20-26)12-18-40-44(34)46-36-16-10-28(3)22-32(36)24-38-49(46)52(40)42-6-5-7-43-48(42)51(38)39-25-33-23-29(4)11-17-37(33)47-45-35-15-9-27(2)21-31(35)13-19-41(45)53(43)50(39)47/h5-25H,1-4H3. The van der Waals surface area contributed by atoms with Gasteiger partial charge in [0.2, 0.25) is 0 Å². The summed E-state index contributed by atoms with van der Waals surface area (Å²) >= 11 is 0. The number of fused-ring (bicyclic) bond motifs is 18. The van der Waals surface area contributed by atoms with Crippen molar-refractivity contribution < 1.29 is 0 Å². The van der Waals surface area contributed by atoms with Crippen LogP contribution < -0.4 is 16.4 Å². The molecule has 0 atom stereocenters. The van der Waals surface area contributed by atoms with E-state index >= 15 is 0 Å². The number of nitrogens with zero attached hydrogens (tertiary/aromatic N) is 2. The van der Waals surface area contributed by atoms with Gasteiger partial charge in [0.1, 0.15) is 0 Å². The molecule has 53 heavy (non-hydrogen) atoms. The third kappa shape index (κ3) is 3.34. The molecule has 0 bridgehead atoms. The molecule has 0 spiro atoms. The normalized spacial score (nSPS) is 13.2. The second-order valence-corrected chi connectivity index (χ2v) is 16.0. The molecule has 0 saturated carbocycles. The number of aromatic nitrogens is 2. The average molecular weight is 673 g/mol. The summed E-state index contributed by atoms with van der Waals surface area (Å²) in [5.41, 5.74) is 17.2. The summed E-state index contributed by atoms with van der Waals surface area (Å²) in [7, 11) is 0. The fraction of sp³-hybridized carbons (Fsp3) is 0.0800. The van der Waals surface area contributed by atoms with Gasteiger partial charge < -0.3 is 9.13 Å². The van der Waals surface area contributed by atoms with Crippen molar-refractivity contribution in [3.63, 3.8) is 0 Å². The number of hydrogen-bond acceptors (Lipinski definition) is 0. The van der Waals surface area contributed by atoms with E-state index in [2.05, 4.69) is 164 Å². The molecule has 0 N–H and O–H groups in total. The smallest absolute Gasteiger partial charge is 0.252 e. The lowest BCUT2D eigenvalue weighted by Crippen LogP contribution is -2.59. The van der Waals surface area contributed by atoms with Gasteiger partial charge in [0.15, 0.2) is 0 Å². The van der Waals surface area contributed by atoms with Crippen LogP contribution in [0, 0.1) is 27.7 Å².